The molecule has 1 aromatic carbocycles. The zero-order valence-corrected chi connectivity index (χ0v) is 11.3. The van der Waals surface area contributed by atoms with E-state index >= 15 is 0 Å². The number of nitrogens with zero attached hydrogens (tertiary/aromatic N) is 3. The molecule has 0 aromatic heterocycles. The SMILES string of the molecule is CC(C)=C(C)/C=N/Nc1ccc([N+](=O)[O-])cc1[N+](=O)[O-]. The Kier molecular flexibility index (Phi) is 4.90. The zero-order valence-electron chi connectivity index (χ0n) is 11.3. The molecular weight excluding hydrogens is 264 g/mol. The lowest BCUT2D eigenvalue weighted by Crippen LogP contribution is -1.98. The number of nitrogens with one attached hydrogen (secondary N) is 1. The summed E-state index contributed by atoms with van der Waals surface area (Å²) in [4.78, 5) is 20.1. The topological polar surface area (TPSA) is 111 Å². The van der Waals surface area contributed by atoms with Crippen molar-refractivity contribution in [2.75, 3.05) is 5.43 Å². The van der Waals surface area contributed by atoms with E-state index in [2.05, 4.69) is 10.5 Å². The summed E-state index contributed by atoms with van der Waals surface area (Å²) in [5.41, 5.74) is 3.86. The fourth-order valence-corrected chi connectivity index (χ4v) is 1.21. The van der Waals surface area contributed by atoms with Crippen LogP contribution in [-0.4, -0.2) is 16.1 Å². The Morgan fingerprint density at radius 2 is 1.85 bits per heavy atom. The van der Waals surface area contributed by atoms with Gasteiger partial charge in [-0.2, -0.15) is 5.10 Å². The lowest BCUT2D eigenvalue weighted by atomic mass is 10.2. The molecule has 8 nitrogen and oxygen atoms in total. The fourth-order valence-electron chi connectivity index (χ4n) is 1.21. The summed E-state index contributed by atoms with van der Waals surface area (Å²) in [6.45, 7) is 5.68. The number of nitro benzene ring substituents is 2. The Bertz CT molecular complexity index is 603. The van der Waals surface area contributed by atoms with E-state index in [1.165, 1.54) is 18.3 Å². The van der Waals surface area contributed by atoms with Crippen molar-refractivity contribution < 1.29 is 9.85 Å². The molecule has 0 aliphatic heterocycles. The van der Waals surface area contributed by atoms with Crippen molar-refractivity contribution in [1.29, 1.82) is 0 Å². The Hall–Kier alpha value is -2.77. The lowest BCUT2D eigenvalue weighted by Gasteiger charge is -2.02. The van der Waals surface area contributed by atoms with Crippen LogP contribution in [0.2, 0.25) is 0 Å². The standard InChI is InChI=1S/C12H14N4O4/c1-8(2)9(3)7-13-14-11-5-4-10(15(17)18)6-12(11)16(19)20/h4-7,14H,1-3H3/b13-7+. The minimum atomic E-state index is -0.696. The lowest BCUT2D eigenvalue weighted by molar-refractivity contribution is -0.393. The van der Waals surface area contributed by atoms with Gasteiger partial charge in [-0.25, -0.2) is 0 Å². The molecule has 8 heteroatoms. The van der Waals surface area contributed by atoms with Crippen LogP contribution >= 0.6 is 0 Å². The first-order chi connectivity index (χ1) is 9.32. The summed E-state index contributed by atoms with van der Waals surface area (Å²) < 4.78 is 0. The molecule has 1 rings (SSSR count). The largest absolute Gasteiger partial charge is 0.301 e. The van der Waals surface area contributed by atoms with Crippen molar-refractivity contribution in [1.82, 2.24) is 0 Å². The average molecular weight is 278 g/mol. The highest BCUT2D eigenvalue weighted by Gasteiger charge is 2.18. The van der Waals surface area contributed by atoms with Crippen molar-refractivity contribution in [2.45, 2.75) is 20.8 Å². The van der Waals surface area contributed by atoms with Gasteiger partial charge in [-0.15, -0.1) is 0 Å². The van der Waals surface area contributed by atoms with Gasteiger partial charge in [-0.3, -0.25) is 25.7 Å². The highest BCUT2D eigenvalue weighted by Crippen LogP contribution is 2.28. The maximum absolute atomic E-state index is 10.9. The second-order valence-corrected chi connectivity index (χ2v) is 4.27. The van der Waals surface area contributed by atoms with E-state index in [1.54, 1.807) is 0 Å². The molecule has 1 aromatic rings. The Balaban J connectivity index is 3.04. The molecule has 0 fully saturated rings. The summed E-state index contributed by atoms with van der Waals surface area (Å²) in [6, 6.07) is 3.33. The van der Waals surface area contributed by atoms with Crippen molar-refractivity contribution in [3.05, 3.63) is 49.6 Å². The van der Waals surface area contributed by atoms with E-state index in [0.717, 1.165) is 17.2 Å². The van der Waals surface area contributed by atoms with Crippen LogP contribution in [-0.2, 0) is 0 Å². The molecular formula is C12H14N4O4. The first kappa shape index (κ1) is 15.3. The molecule has 0 saturated carbocycles. The molecule has 0 saturated heterocycles. The van der Waals surface area contributed by atoms with Crippen LogP contribution < -0.4 is 5.43 Å². The third-order valence-electron chi connectivity index (χ3n) is 2.62. The summed E-state index contributed by atoms with van der Waals surface area (Å²) in [5.74, 6) is 0. The summed E-state index contributed by atoms with van der Waals surface area (Å²) in [5, 5.41) is 25.3. The highest BCUT2D eigenvalue weighted by atomic mass is 16.6. The van der Waals surface area contributed by atoms with E-state index < -0.39 is 15.5 Å². The van der Waals surface area contributed by atoms with Gasteiger partial charge in [0.1, 0.15) is 5.69 Å². The second-order valence-electron chi connectivity index (χ2n) is 4.27. The van der Waals surface area contributed by atoms with Gasteiger partial charge < -0.3 is 0 Å². The summed E-state index contributed by atoms with van der Waals surface area (Å²) in [7, 11) is 0. The van der Waals surface area contributed by atoms with Gasteiger partial charge in [0.05, 0.1) is 22.1 Å². The quantitative estimate of drug-likeness (QED) is 0.504. The molecule has 0 amide bonds. The van der Waals surface area contributed by atoms with Gasteiger partial charge in [0.25, 0.3) is 5.69 Å². The van der Waals surface area contributed by atoms with E-state index in [1.807, 2.05) is 20.8 Å². The number of benzene rings is 1. The van der Waals surface area contributed by atoms with Crippen LogP contribution in [0.5, 0.6) is 0 Å². The molecule has 0 bridgehead atoms. The number of non-ortho nitro benzene ring substituents is 1. The first-order valence-corrected chi connectivity index (χ1v) is 5.69. The molecule has 1 N–H and O–H groups in total. The molecule has 106 valence electrons. The predicted molar refractivity (Wildman–Crippen MR) is 75.9 cm³/mol. The van der Waals surface area contributed by atoms with Gasteiger partial charge in [-0.1, -0.05) is 5.57 Å². The Morgan fingerprint density at radius 3 is 2.35 bits per heavy atom. The van der Waals surface area contributed by atoms with Crippen molar-refractivity contribution >= 4 is 23.3 Å². The predicted octanol–water partition coefficient (Wildman–Crippen LogP) is 3.26. The van der Waals surface area contributed by atoms with E-state index in [4.69, 9.17) is 0 Å². The molecule has 0 spiro atoms. The van der Waals surface area contributed by atoms with E-state index in [0.29, 0.717) is 0 Å². The number of rotatable bonds is 5. The Labute approximate surface area is 115 Å². The maximum Gasteiger partial charge on any atom is 0.301 e. The van der Waals surface area contributed by atoms with Gasteiger partial charge in [-0.05, 0) is 32.4 Å². The van der Waals surface area contributed by atoms with Gasteiger partial charge in [0, 0.05) is 6.07 Å². The molecule has 0 atom stereocenters. The molecule has 0 radical (unpaired) electrons. The number of anilines is 1. The van der Waals surface area contributed by atoms with Crippen LogP contribution in [0.3, 0.4) is 0 Å². The number of hydrogen-bond acceptors (Lipinski definition) is 6. The number of hydrogen-bond donors (Lipinski definition) is 1. The minimum Gasteiger partial charge on any atom is -0.272 e. The van der Waals surface area contributed by atoms with Crippen LogP contribution in [0.4, 0.5) is 17.1 Å². The van der Waals surface area contributed by atoms with Gasteiger partial charge in [0.15, 0.2) is 0 Å². The normalized spacial score (nSPS) is 10.3. The molecule has 20 heavy (non-hydrogen) atoms. The second kappa shape index (κ2) is 6.41. The number of allylic oxidation sites excluding steroid dienone is 2. The van der Waals surface area contributed by atoms with Gasteiger partial charge in [0.2, 0.25) is 0 Å². The third kappa shape index (κ3) is 3.87. The zero-order chi connectivity index (χ0) is 15.3. The molecule has 0 unspecified atom stereocenters. The summed E-state index contributed by atoms with van der Waals surface area (Å²) >= 11 is 0. The third-order valence-corrected chi connectivity index (χ3v) is 2.62. The van der Waals surface area contributed by atoms with Gasteiger partial charge >= 0.3 is 5.69 Å². The number of hydrazone groups is 1. The van der Waals surface area contributed by atoms with Crippen LogP contribution in [0.25, 0.3) is 0 Å². The average Bonchev–Trinajstić information content (AvgIpc) is 2.38. The van der Waals surface area contributed by atoms with Crippen molar-refractivity contribution in [2.24, 2.45) is 5.10 Å². The van der Waals surface area contributed by atoms with E-state index in [9.17, 15) is 20.2 Å². The minimum absolute atomic E-state index is 0.0957. The van der Waals surface area contributed by atoms with Crippen LogP contribution in [0, 0.1) is 20.2 Å². The number of nitro groups is 2. The monoisotopic (exact) mass is 278 g/mol. The van der Waals surface area contributed by atoms with Crippen LogP contribution in [0.15, 0.2) is 34.4 Å². The van der Waals surface area contributed by atoms with E-state index in [-0.39, 0.29) is 11.4 Å². The van der Waals surface area contributed by atoms with Crippen LogP contribution in [0.1, 0.15) is 20.8 Å². The fraction of sp³-hybridized carbons (Fsp3) is 0.250. The van der Waals surface area contributed by atoms with Crippen molar-refractivity contribution in [3.8, 4) is 0 Å². The van der Waals surface area contributed by atoms with Crippen molar-refractivity contribution in [3.63, 3.8) is 0 Å². The maximum atomic E-state index is 10.9. The Morgan fingerprint density at radius 1 is 1.20 bits per heavy atom. The highest BCUT2D eigenvalue weighted by molar-refractivity contribution is 5.79. The first-order valence-electron chi connectivity index (χ1n) is 5.69. The molecule has 0 heterocycles. The summed E-state index contributed by atoms with van der Waals surface area (Å²) in [6.07, 6.45) is 1.53. The molecule has 0 aliphatic carbocycles. The molecule has 0 aliphatic rings. The smallest absolute Gasteiger partial charge is 0.272 e.